The number of rotatable bonds is 4. The first kappa shape index (κ1) is 9.84. The summed E-state index contributed by atoms with van der Waals surface area (Å²) in [5, 5.41) is 10.9. The van der Waals surface area contributed by atoms with Crippen LogP contribution in [0.15, 0.2) is 12.2 Å². The van der Waals surface area contributed by atoms with Gasteiger partial charge in [-0.15, -0.1) is 0 Å². The summed E-state index contributed by atoms with van der Waals surface area (Å²) in [4.78, 5) is 11.3. The average molecular weight is 189 g/mol. The number of fused-ring (bicyclic) bond motifs is 2. The molecule has 0 aliphatic heterocycles. The van der Waals surface area contributed by atoms with E-state index in [0.29, 0.717) is 24.2 Å². The highest BCUT2D eigenvalue weighted by molar-refractivity contribution is 6.96. The molecule has 0 aromatic carbocycles. The number of allylic oxidation sites excluding steroid dienone is 2. The second-order valence-corrected chi connectivity index (χ2v) is 4.13. The number of hydrogen-bond acceptors (Lipinski definition) is 2. The van der Waals surface area contributed by atoms with E-state index in [1.807, 2.05) is 0 Å². The van der Waals surface area contributed by atoms with Gasteiger partial charge in [-0.05, 0) is 30.6 Å². The van der Waals surface area contributed by atoms with Crippen molar-refractivity contribution in [3.63, 3.8) is 0 Å². The standard InChI is InChI=1S/C9H13B2NO2/c13-9(12-10-11-14)5-8-4-6-1-2-7(8)3-6/h1-2,6-8,14H,3-5H2,(H,12,13). The smallest absolute Gasteiger partial charge is 0.267 e. The molecule has 2 bridgehead atoms. The van der Waals surface area contributed by atoms with Crippen LogP contribution in [0.25, 0.3) is 0 Å². The first-order chi connectivity index (χ1) is 6.79. The SMILES string of the molecule is O=C(CC1CC2C=CC1C2)N[B][B]O. The third-order valence-electron chi connectivity index (χ3n) is 3.18. The van der Waals surface area contributed by atoms with Gasteiger partial charge in [-0.25, -0.2) is 0 Å². The summed E-state index contributed by atoms with van der Waals surface area (Å²) in [6.07, 6.45) is 7.47. The summed E-state index contributed by atoms with van der Waals surface area (Å²) in [5.41, 5.74) is 0. The minimum atomic E-state index is 0.00116. The van der Waals surface area contributed by atoms with E-state index in [1.165, 1.54) is 13.7 Å². The molecule has 2 radical (unpaired) electrons. The molecule has 3 unspecified atom stereocenters. The third kappa shape index (κ3) is 2.03. The van der Waals surface area contributed by atoms with Gasteiger partial charge in [-0.3, -0.25) is 4.79 Å². The lowest BCUT2D eigenvalue weighted by atomic mass is 9.60. The van der Waals surface area contributed by atoms with E-state index in [0.717, 1.165) is 13.8 Å². The molecule has 0 spiro atoms. The Morgan fingerprint density at radius 1 is 1.50 bits per heavy atom. The summed E-state index contributed by atoms with van der Waals surface area (Å²) >= 11 is 0. The Kier molecular flexibility index (Phi) is 2.96. The Bertz CT molecular complexity index is 257. The molecule has 3 nitrogen and oxygen atoms in total. The van der Waals surface area contributed by atoms with Crippen LogP contribution in [0.4, 0.5) is 0 Å². The largest absolute Gasteiger partial charge is 0.462 e. The van der Waals surface area contributed by atoms with Gasteiger partial charge in [0.2, 0.25) is 13.2 Å². The minimum Gasteiger partial charge on any atom is -0.462 e. The molecule has 0 heterocycles. The van der Waals surface area contributed by atoms with Crippen LogP contribution < -0.4 is 5.23 Å². The second-order valence-electron chi connectivity index (χ2n) is 4.13. The predicted octanol–water partition coefficient (Wildman–Crippen LogP) is -0.149. The van der Waals surface area contributed by atoms with Gasteiger partial charge in [-0.1, -0.05) is 12.2 Å². The van der Waals surface area contributed by atoms with Gasteiger partial charge < -0.3 is 10.3 Å². The van der Waals surface area contributed by atoms with Crippen LogP contribution in [-0.4, -0.2) is 25.6 Å². The van der Waals surface area contributed by atoms with Gasteiger partial charge in [0, 0.05) is 6.42 Å². The molecule has 1 amide bonds. The average Bonchev–Trinajstić information content (AvgIpc) is 2.76. The van der Waals surface area contributed by atoms with Crippen LogP contribution in [0.1, 0.15) is 19.3 Å². The van der Waals surface area contributed by atoms with Gasteiger partial charge in [0.1, 0.15) is 0 Å². The molecular formula is C9H13B2NO2. The van der Waals surface area contributed by atoms with Crippen LogP contribution in [0.5, 0.6) is 0 Å². The van der Waals surface area contributed by atoms with Crippen molar-refractivity contribution in [3.05, 3.63) is 12.2 Å². The highest BCUT2D eigenvalue weighted by atomic mass is 16.2. The molecule has 0 aromatic rings. The number of amides is 1. The van der Waals surface area contributed by atoms with Gasteiger partial charge >= 0.3 is 0 Å². The zero-order chi connectivity index (χ0) is 9.97. The second kappa shape index (κ2) is 4.22. The maximum Gasteiger partial charge on any atom is 0.267 e. The zero-order valence-corrected chi connectivity index (χ0v) is 8.02. The first-order valence-electron chi connectivity index (χ1n) is 5.06. The summed E-state index contributed by atoms with van der Waals surface area (Å²) in [6.45, 7) is 0. The number of carbonyl (C=O) groups is 1. The van der Waals surface area contributed by atoms with Gasteiger partial charge in [-0.2, -0.15) is 0 Å². The normalized spacial score (nSPS) is 33.1. The Balaban J connectivity index is 1.76. The Morgan fingerprint density at radius 2 is 2.36 bits per heavy atom. The fourth-order valence-corrected chi connectivity index (χ4v) is 2.56. The van der Waals surface area contributed by atoms with Crippen molar-refractivity contribution in [2.75, 3.05) is 0 Å². The van der Waals surface area contributed by atoms with Crippen molar-refractivity contribution in [1.29, 1.82) is 0 Å². The van der Waals surface area contributed by atoms with E-state index in [1.54, 1.807) is 0 Å². The van der Waals surface area contributed by atoms with Gasteiger partial charge in [0.15, 0.2) is 0 Å². The highest BCUT2D eigenvalue weighted by Crippen LogP contribution is 2.44. The maximum absolute atomic E-state index is 11.3. The van der Waals surface area contributed by atoms with E-state index in [2.05, 4.69) is 17.4 Å². The lowest BCUT2D eigenvalue weighted by Gasteiger charge is -2.16. The molecular weight excluding hydrogens is 176 g/mol. The van der Waals surface area contributed by atoms with Crippen molar-refractivity contribution in [3.8, 4) is 0 Å². The van der Waals surface area contributed by atoms with E-state index >= 15 is 0 Å². The molecule has 0 saturated heterocycles. The molecule has 1 saturated carbocycles. The van der Waals surface area contributed by atoms with Crippen molar-refractivity contribution in [2.45, 2.75) is 19.3 Å². The van der Waals surface area contributed by atoms with Gasteiger partial charge in [0.25, 0.3) is 7.37 Å². The molecule has 2 aliphatic carbocycles. The summed E-state index contributed by atoms with van der Waals surface area (Å²) in [5.74, 6) is 1.84. The van der Waals surface area contributed by atoms with Crippen LogP contribution in [-0.2, 0) is 4.79 Å². The van der Waals surface area contributed by atoms with Crippen LogP contribution in [0, 0.1) is 17.8 Å². The van der Waals surface area contributed by atoms with Crippen LogP contribution >= 0.6 is 0 Å². The van der Waals surface area contributed by atoms with Crippen molar-refractivity contribution < 1.29 is 9.82 Å². The van der Waals surface area contributed by atoms with Gasteiger partial charge in [0.05, 0.1) is 0 Å². The summed E-state index contributed by atoms with van der Waals surface area (Å²) in [6, 6.07) is 0. The molecule has 1 fully saturated rings. The van der Waals surface area contributed by atoms with Crippen molar-refractivity contribution >= 4 is 20.6 Å². The van der Waals surface area contributed by atoms with E-state index < -0.39 is 0 Å². The highest BCUT2D eigenvalue weighted by Gasteiger charge is 2.36. The molecule has 2 aliphatic rings. The lowest BCUT2D eigenvalue weighted by Crippen LogP contribution is -2.33. The molecule has 2 N–H and O–H groups in total. The number of carbonyl (C=O) groups excluding carboxylic acids is 1. The predicted molar refractivity (Wildman–Crippen MR) is 55.3 cm³/mol. The van der Waals surface area contributed by atoms with E-state index in [4.69, 9.17) is 5.02 Å². The van der Waals surface area contributed by atoms with Crippen LogP contribution in [0.3, 0.4) is 0 Å². The zero-order valence-electron chi connectivity index (χ0n) is 8.02. The Hall–Kier alpha value is -0.700. The number of hydrogen-bond donors (Lipinski definition) is 2. The topological polar surface area (TPSA) is 49.3 Å². The minimum absolute atomic E-state index is 0.00116. The lowest BCUT2D eigenvalue weighted by molar-refractivity contribution is -0.120. The molecule has 5 heteroatoms. The quantitative estimate of drug-likeness (QED) is 0.477. The fraction of sp³-hybridized carbons (Fsp3) is 0.667. The van der Waals surface area contributed by atoms with E-state index in [9.17, 15) is 4.79 Å². The van der Waals surface area contributed by atoms with Crippen LogP contribution in [0.2, 0.25) is 0 Å². The Labute approximate surface area is 85.5 Å². The third-order valence-corrected chi connectivity index (χ3v) is 3.18. The molecule has 72 valence electrons. The van der Waals surface area contributed by atoms with E-state index in [-0.39, 0.29) is 5.91 Å². The van der Waals surface area contributed by atoms with Crippen molar-refractivity contribution in [2.24, 2.45) is 17.8 Å². The van der Waals surface area contributed by atoms with Crippen molar-refractivity contribution in [1.82, 2.24) is 5.23 Å². The number of nitrogens with one attached hydrogen (secondary N) is 1. The molecule has 0 aromatic heterocycles. The molecule has 2 rings (SSSR count). The monoisotopic (exact) mass is 189 g/mol. The fourth-order valence-electron chi connectivity index (χ4n) is 2.56. The maximum atomic E-state index is 11.3. The Morgan fingerprint density at radius 3 is 2.93 bits per heavy atom. The molecule has 3 atom stereocenters. The first-order valence-corrected chi connectivity index (χ1v) is 5.06. The summed E-state index contributed by atoms with van der Waals surface area (Å²) < 4.78 is 0. The molecule has 14 heavy (non-hydrogen) atoms. The summed E-state index contributed by atoms with van der Waals surface area (Å²) in [7, 11) is 2.12.